The summed E-state index contributed by atoms with van der Waals surface area (Å²) in [6.45, 7) is 11.5. The molecule has 1 atom stereocenters. The maximum Gasteiger partial charge on any atom is 0.0401 e. The van der Waals surface area contributed by atoms with Crippen LogP contribution in [0.4, 0.5) is 5.69 Å². The Morgan fingerprint density at radius 2 is 1.63 bits per heavy atom. The first-order chi connectivity index (χ1) is 8.87. The Balaban J connectivity index is 2.09. The molecule has 1 N–H and O–H groups in total. The maximum atomic E-state index is 3.82. The lowest BCUT2D eigenvalue weighted by atomic mass is 9.85. The molecule has 0 bridgehead atoms. The first-order valence-electron chi connectivity index (χ1n) is 7.72. The van der Waals surface area contributed by atoms with E-state index in [-0.39, 0.29) is 0 Å². The van der Waals surface area contributed by atoms with Crippen LogP contribution in [0.5, 0.6) is 0 Å². The lowest BCUT2D eigenvalue weighted by Gasteiger charge is -2.23. The number of anilines is 1. The summed E-state index contributed by atoms with van der Waals surface area (Å²) in [7, 11) is 0. The topological polar surface area (TPSA) is 12.0 Å². The van der Waals surface area contributed by atoms with Gasteiger partial charge in [0.05, 0.1) is 0 Å². The standard InChI is InChI=1S/C18H29N/c1-13-11-14(2)17(15(3)12-13)19-16-7-6-9-18(4,5)10-8-16/h11-12,16,19H,6-10H2,1-5H3. The Morgan fingerprint density at radius 1 is 1.00 bits per heavy atom. The molecule has 1 heteroatoms. The Hall–Kier alpha value is -0.980. The van der Waals surface area contributed by atoms with Crippen LogP contribution in [0.15, 0.2) is 12.1 Å². The molecule has 106 valence electrons. The van der Waals surface area contributed by atoms with Crippen LogP contribution in [0, 0.1) is 26.2 Å². The zero-order valence-corrected chi connectivity index (χ0v) is 13.3. The highest BCUT2D eigenvalue weighted by Gasteiger charge is 2.24. The van der Waals surface area contributed by atoms with Gasteiger partial charge in [0.25, 0.3) is 0 Å². The van der Waals surface area contributed by atoms with Gasteiger partial charge in [-0.2, -0.15) is 0 Å². The molecule has 0 heterocycles. The van der Waals surface area contributed by atoms with Crippen LogP contribution < -0.4 is 5.32 Å². The van der Waals surface area contributed by atoms with Crippen molar-refractivity contribution < 1.29 is 0 Å². The third-order valence-corrected chi connectivity index (χ3v) is 4.60. The van der Waals surface area contributed by atoms with Crippen LogP contribution in [-0.2, 0) is 0 Å². The predicted molar refractivity (Wildman–Crippen MR) is 84.9 cm³/mol. The molecule has 1 unspecified atom stereocenters. The number of benzene rings is 1. The van der Waals surface area contributed by atoms with Crippen molar-refractivity contribution in [3.05, 3.63) is 28.8 Å². The molecule has 1 saturated carbocycles. The van der Waals surface area contributed by atoms with Gasteiger partial charge < -0.3 is 5.32 Å². The van der Waals surface area contributed by atoms with Crippen molar-refractivity contribution in [3.8, 4) is 0 Å². The van der Waals surface area contributed by atoms with Crippen LogP contribution in [0.1, 0.15) is 62.6 Å². The van der Waals surface area contributed by atoms with E-state index in [4.69, 9.17) is 0 Å². The molecular formula is C18H29N. The second kappa shape index (κ2) is 5.56. The number of hydrogen-bond acceptors (Lipinski definition) is 1. The minimum Gasteiger partial charge on any atom is -0.382 e. The molecule has 0 aliphatic heterocycles. The van der Waals surface area contributed by atoms with E-state index in [0.29, 0.717) is 11.5 Å². The van der Waals surface area contributed by atoms with Gasteiger partial charge in [-0.1, -0.05) is 38.0 Å². The second-order valence-electron chi connectivity index (χ2n) is 7.21. The second-order valence-corrected chi connectivity index (χ2v) is 7.21. The summed E-state index contributed by atoms with van der Waals surface area (Å²) in [5, 5.41) is 3.82. The fourth-order valence-electron chi connectivity index (χ4n) is 3.42. The van der Waals surface area contributed by atoms with E-state index in [2.05, 4.69) is 52.1 Å². The summed E-state index contributed by atoms with van der Waals surface area (Å²) >= 11 is 0. The van der Waals surface area contributed by atoms with Crippen molar-refractivity contribution in [2.24, 2.45) is 5.41 Å². The van der Waals surface area contributed by atoms with E-state index in [1.807, 2.05) is 0 Å². The highest BCUT2D eigenvalue weighted by Crippen LogP contribution is 2.35. The van der Waals surface area contributed by atoms with Gasteiger partial charge in [0, 0.05) is 11.7 Å². The molecule has 1 aliphatic carbocycles. The first-order valence-corrected chi connectivity index (χ1v) is 7.72. The molecule has 1 nitrogen and oxygen atoms in total. The van der Waals surface area contributed by atoms with Crippen molar-refractivity contribution in [3.63, 3.8) is 0 Å². The average Bonchev–Trinajstić information content (AvgIpc) is 2.45. The van der Waals surface area contributed by atoms with Gasteiger partial charge in [0.2, 0.25) is 0 Å². The van der Waals surface area contributed by atoms with Crippen molar-refractivity contribution in [1.29, 1.82) is 0 Å². The van der Waals surface area contributed by atoms with Crippen molar-refractivity contribution >= 4 is 5.69 Å². The van der Waals surface area contributed by atoms with Crippen molar-refractivity contribution in [1.82, 2.24) is 0 Å². The summed E-state index contributed by atoms with van der Waals surface area (Å²) in [5.41, 5.74) is 6.05. The third kappa shape index (κ3) is 3.75. The van der Waals surface area contributed by atoms with Gasteiger partial charge in [-0.25, -0.2) is 0 Å². The largest absolute Gasteiger partial charge is 0.382 e. The van der Waals surface area contributed by atoms with Gasteiger partial charge in [0.1, 0.15) is 0 Å². The van der Waals surface area contributed by atoms with Gasteiger partial charge in [-0.05, 0) is 63.0 Å². The number of rotatable bonds is 2. The summed E-state index contributed by atoms with van der Waals surface area (Å²) < 4.78 is 0. The van der Waals surface area contributed by atoms with Crippen LogP contribution in [0.2, 0.25) is 0 Å². The Morgan fingerprint density at radius 3 is 2.26 bits per heavy atom. The molecule has 0 saturated heterocycles. The molecule has 2 rings (SSSR count). The number of aryl methyl sites for hydroxylation is 3. The van der Waals surface area contributed by atoms with Crippen molar-refractivity contribution in [2.75, 3.05) is 5.32 Å². The molecule has 0 amide bonds. The summed E-state index contributed by atoms with van der Waals surface area (Å²) in [6.07, 6.45) is 6.69. The average molecular weight is 259 g/mol. The van der Waals surface area contributed by atoms with Gasteiger partial charge >= 0.3 is 0 Å². The SMILES string of the molecule is Cc1cc(C)c(NC2CCCC(C)(C)CC2)c(C)c1. The Labute approximate surface area is 118 Å². The smallest absolute Gasteiger partial charge is 0.0401 e. The Kier molecular flexibility index (Phi) is 4.23. The summed E-state index contributed by atoms with van der Waals surface area (Å²) in [6, 6.07) is 5.23. The maximum absolute atomic E-state index is 3.82. The van der Waals surface area contributed by atoms with E-state index in [1.54, 1.807) is 0 Å². The molecule has 0 aromatic heterocycles. The van der Waals surface area contributed by atoms with E-state index in [9.17, 15) is 0 Å². The van der Waals surface area contributed by atoms with Gasteiger partial charge in [0.15, 0.2) is 0 Å². The monoisotopic (exact) mass is 259 g/mol. The number of hydrogen-bond donors (Lipinski definition) is 1. The quantitative estimate of drug-likeness (QED) is 0.703. The highest BCUT2D eigenvalue weighted by atomic mass is 14.9. The van der Waals surface area contributed by atoms with Gasteiger partial charge in [-0.3, -0.25) is 0 Å². The van der Waals surface area contributed by atoms with E-state index < -0.39 is 0 Å². The molecule has 1 fully saturated rings. The number of nitrogens with one attached hydrogen (secondary N) is 1. The van der Waals surface area contributed by atoms with E-state index in [0.717, 1.165) is 0 Å². The minimum absolute atomic E-state index is 0.536. The van der Waals surface area contributed by atoms with Gasteiger partial charge in [-0.15, -0.1) is 0 Å². The summed E-state index contributed by atoms with van der Waals surface area (Å²) in [4.78, 5) is 0. The Bertz CT molecular complexity index is 422. The molecule has 1 aliphatic rings. The summed E-state index contributed by atoms with van der Waals surface area (Å²) in [5.74, 6) is 0. The van der Waals surface area contributed by atoms with Crippen LogP contribution in [0.3, 0.4) is 0 Å². The normalized spacial score (nSPS) is 22.9. The van der Waals surface area contributed by atoms with Crippen LogP contribution >= 0.6 is 0 Å². The molecule has 1 aromatic rings. The van der Waals surface area contributed by atoms with Crippen LogP contribution in [-0.4, -0.2) is 6.04 Å². The van der Waals surface area contributed by atoms with Crippen LogP contribution in [0.25, 0.3) is 0 Å². The molecule has 19 heavy (non-hydrogen) atoms. The fourth-order valence-corrected chi connectivity index (χ4v) is 3.42. The van der Waals surface area contributed by atoms with E-state index >= 15 is 0 Å². The molecule has 1 aromatic carbocycles. The predicted octanol–water partition coefficient (Wildman–Crippen LogP) is 5.38. The zero-order valence-electron chi connectivity index (χ0n) is 13.3. The van der Waals surface area contributed by atoms with E-state index in [1.165, 1.54) is 54.5 Å². The lowest BCUT2D eigenvalue weighted by Crippen LogP contribution is -2.20. The molecule has 0 spiro atoms. The third-order valence-electron chi connectivity index (χ3n) is 4.60. The fraction of sp³-hybridized carbons (Fsp3) is 0.667. The lowest BCUT2D eigenvalue weighted by molar-refractivity contribution is 0.313. The van der Waals surface area contributed by atoms with Crippen molar-refractivity contribution in [2.45, 2.75) is 72.8 Å². The minimum atomic E-state index is 0.536. The zero-order chi connectivity index (χ0) is 14.0. The molecule has 0 radical (unpaired) electrons. The highest BCUT2D eigenvalue weighted by molar-refractivity contribution is 5.58. The molecular weight excluding hydrogens is 230 g/mol. The first kappa shape index (κ1) is 14.4.